The van der Waals surface area contributed by atoms with E-state index >= 15 is 4.39 Å². The Bertz CT molecular complexity index is 808. The maximum atomic E-state index is 16.9. The Labute approximate surface area is 170 Å². The van der Waals surface area contributed by atoms with Gasteiger partial charge >= 0.3 is 0 Å². The van der Waals surface area contributed by atoms with Crippen molar-refractivity contribution in [3.63, 3.8) is 0 Å². The molecule has 0 aliphatic heterocycles. The molecule has 0 amide bonds. The molecule has 0 aromatic heterocycles. The van der Waals surface area contributed by atoms with E-state index in [0.717, 1.165) is 5.57 Å². The van der Waals surface area contributed by atoms with E-state index in [4.69, 9.17) is 0 Å². The zero-order chi connectivity index (χ0) is 20.7. The lowest BCUT2D eigenvalue weighted by molar-refractivity contribution is -0.218. The summed E-state index contributed by atoms with van der Waals surface area (Å²) in [6, 6.07) is 0. The number of aliphatic hydroxyl groups excluding tert-OH is 1. The molecule has 4 aliphatic carbocycles. The molecule has 0 aromatic rings. The van der Waals surface area contributed by atoms with E-state index in [0.29, 0.717) is 19.3 Å². The first-order chi connectivity index (χ1) is 13.0. The van der Waals surface area contributed by atoms with E-state index in [1.54, 1.807) is 13.0 Å². The number of hydrogen-bond donors (Lipinski definition) is 3. The molecule has 4 nitrogen and oxygen atoms in total. The van der Waals surface area contributed by atoms with Crippen LogP contribution in [0.2, 0.25) is 0 Å². The van der Waals surface area contributed by atoms with Crippen LogP contribution in [-0.4, -0.2) is 44.9 Å². The molecule has 2 N–H and O–H groups in total. The lowest BCUT2D eigenvalue weighted by Crippen LogP contribution is -2.69. The van der Waals surface area contributed by atoms with Crippen molar-refractivity contribution in [1.82, 2.24) is 0 Å². The van der Waals surface area contributed by atoms with Crippen molar-refractivity contribution in [1.29, 1.82) is 0 Å². The number of halogens is 1. The van der Waals surface area contributed by atoms with Crippen LogP contribution in [-0.2, 0) is 9.59 Å². The Morgan fingerprint density at radius 2 is 2.04 bits per heavy atom. The standard InChI is InChI=1S/C22H29FO4S/c1-12-8-16-15-5-4-13-9-14(24)6-7-19(13,2)21(15,23)17(25)10-20(16,3)22(12,27)18(26)11-28/h6-7,9,12,15-17,25,27-28H,4-5,8,10-11H2,1-3H3/t12-,15+,16+,17+,19+,20+,21+,22+/m1/s1. The van der Waals surface area contributed by atoms with Gasteiger partial charge in [0.25, 0.3) is 0 Å². The number of fused-ring (bicyclic) bond motifs is 5. The fraction of sp³-hybridized carbons (Fsp3) is 0.727. The van der Waals surface area contributed by atoms with Gasteiger partial charge in [-0.25, -0.2) is 4.39 Å². The second-order valence-corrected chi connectivity index (χ2v) is 10.1. The molecule has 8 atom stereocenters. The zero-order valence-electron chi connectivity index (χ0n) is 16.6. The van der Waals surface area contributed by atoms with Crippen molar-refractivity contribution in [2.45, 2.75) is 63.8 Å². The molecular weight excluding hydrogens is 379 g/mol. The second-order valence-electron chi connectivity index (χ2n) is 9.75. The third-order valence-electron chi connectivity index (χ3n) is 8.79. The van der Waals surface area contributed by atoms with Gasteiger partial charge in [-0.3, -0.25) is 9.59 Å². The largest absolute Gasteiger partial charge is 0.390 e. The molecule has 0 saturated heterocycles. The number of aliphatic hydroxyl groups is 2. The van der Waals surface area contributed by atoms with Crippen LogP contribution < -0.4 is 0 Å². The predicted molar refractivity (Wildman–Crippen MR) is 107 cm³/mol. The highest BCUT2D eigenvalue weighted by Crippen LogP contribution is 2.70. The summed E-state index contributed by atoms with van der Waals surface area (Å²) in [6.07, 6.45) is 4.80. The van der Waals surface area contributed by atoms with Crippen LogP contribution in [0.3, 0.4) is 0 Å². The topological polar surface area (TPSA) is 74.6 Å². The molecule has 6 heteroatoms. The summed E-state index contributed by atoms with van der Waals surface area (Å²) in [5.74, 6) is -1.63. The quantitative estimate of drug-likeness (QED) is 0.615. The fourth-order valence-electron chi connectivity index (χ4n) is 7.26. The molecule has 0 heterocycles. The van der Waals surface area contributed by atoms with Crippen LogP contribution in [0, 0.1) is 28.6 Å². The molecule has 154 valence electrons. The summed E-state index contributed by atoms with van der Waals surface area (Å²) >= 11 is 4.10. The normalized spacial score (nSPS) is 52.5. The summed E-state index contributed by atoms with van der Waals surface area (Å²) in [4.78, 5) is 24.6. The van der Waals surface area contributed by atoms with Crippen molar-refractivity contribution in [3.8, 4) is 0 Å². The minimum atomic E-state index is -1.94. The molecule has 0 aromatic carbocycles. The van der Waals surface area contributed by atoms with Gasteiger partial charge in [-0.05, 0) is 56.6 Å². The summed E-state index contributed by atoms with van der Waals surface area (Å²) < 4.78 is 16.9. The van der Waals surface area contributed by atoms with Crippen molar-refractivity contribution in [2.24, 2.45) is 28.6 Å². The van der Waals surface area contributed by atoms with E-state index in [1.165, 1.54) is 12.2 Å². The molecule has 0 bridgehead atoms. The third-order valence-corrected chi connectivity index (χ3v) is 9.08. The average molecular weight is 409 g/mol. The monoisotopic (exact) mass is 408 g/mol. The second kappa shape index (κ2) is 6.02. The lowest BCUT2D eigenvalue weighted by atomic mass is 9.44. The van der Waals surface area contributed by atoms with Gasteiger partial charge in [-0.15, -0.1) is 0 Å². The van der Waals surface area contributed by atoms with Crippen LogP contribution in [0.25, 0.3) is 0 Å². The maximum absolute atomic E-state index is 16.9. The van der Waals surface area contributed by atoms with Crippen LogP contribution in [0.1, 0.15) is 46.5 Å². The molecule has 0 radical (unpaired) electrons. The van der Waals surface area contributed by atoms with Crippen LogP contribution in [0.5, 0.6) is 0 Å². The van der Waals surface area contributed by atoms with Crippen molar-refractivity contribution in [3.05, 3.63) is 23.8 Å². The first kappa shape index (κ1) is 20.3. The Morgan fingerprint density at radius 3 is 2.68 bits per heavy atom. The minimum absolute atomic E-state index is 0.00960. The van der Waals surface area contributed by atoms with Gasteiger partial charge in [0.05, 0.1) is 11.9 Å². The molecule has 0 unspecified atom stereocenters. The van der Waals surface area contributed by atoms with Crippen LogP contribution in [0.4, 0.5) is 4.39 Å². The van der Waals surface area contributed by atoms with E-state index in [1.807, 2.05) is 13.8 Å². The molecular formula is C22H29FO4S. The van der Waals surface area contributed by atoms with Crippen molar-refractivity contribution >= 4 is 24.2 Å². The number of hydrogen-bond acceptors (Lipinski definition) is 5. The van der Waals surface area contributed by atoms with Gasteiger partial charge in [-0.2, -0.15) is 12.6 Å². The summed E-state index contributed by atoms with van der Waals surface area (Å²) in [7, 11) is 0. The molecule has 4 rings (SSSR count). The maximum Gasteiger partial charge on any atom is 0.178 e. The van der Waals surface area contributed by atoms with E-state index in [9.17, 15) is 19.8 Å². The van der Waals surface area contributed by atoms with Gasteiger partial charge in [0.1, 0.15) is 5.60 Å². The predicted octanol–water partition coefficient (Wildman–Crippen LogP) is 2.83. The first-order valence-corrected chi connectivity index (χ1v) is 10.8. The highest BCUT2D eigenvalue weighted by Gasteiger charge is 2.75. The number of rotatable bonds is 2. The molecule has 3 fully saturated rings. The Balaban J connectivity index is 1.84. The molecule has 3 saturated carbocycles. The Morgan fingerprint density at radius 1 is 1.36 bits per heavy atom. The SMILES string of the molecule is C[C@@H]1C[C@H]2[C@@H]3CCC4=CC(=O)C=C[C@]4(C)[C@@]3(F)[C@@H](O)C[C@]2(C)[C@@]1(O)C(=O)CS. The fourth-order valence-corrected chi connectivity index (χ4v) is 7.50. The lowest BCUT2D eigenvalue weighted by Gasteiger charge is -2.62. The highest BCUT2D eigenvalue weighted by atomic mass is 32.1. The van der Waals surface area contributed by atoms with Gasteiger partial charge in [0, 0.05) is 16.7 Å². The summed E-state index contributed by atoms with van der Waals surface area (Å²) in [5, 5.41) is 22.7. The van der Waals surface area contributed by atoms with E-state index < -0.39 is 34.1 Å². The van der Waals surface area contributed by atoms with Gasteiger partial charge in [0.15, 0.2) is 17.2 Å². The average Bonchev–Trinajstić information content (AvgIpc) is 2.84. The smallest absolute Gasteiger partial charge is 0.178 e. The number of allylic oxidation sites excluding steroid dienone is 4. The number of carbonyl (C=O) groups is 2. The number of Topliss-reactive ketones (excluding diaryl/α,β-unsaturated/α-hetero) is 1. The zero-order valence-corrected chi connectivity index (χ0v) is 17.5. The number of ketones is 2. The van der Waals surface area contributed by atoms with Gasteiger partial charge in [0.2, 0.25) is 0 Å². The first-order valence-electron chi connectivity index (χ1n) is 10.1. The molecule has 0 spiro atoms. The van der Waals surface area contributed by atoms with E-state index in [-0.39, 0.29) is 35.6 Å². The highest BCUT2D eigenvalue weighted by molar-refractivity contribution is 7.81. The number of alkyl halides is 1. The minimum Gasteiger partial charge on any atom is -0.390 e. The van der Waals surface area contributed by atoms with Crippen molar-refractivity contribution < 1.29 is 24.2 Å². The summed E-state index contributed by atoms with van der Waals surface area (Å²) in [6.45, 7) is 5.44. The summed E-state index contributed by atoms with van der Waals surface area (Å²) in [5.41, 5.74) is -4.78. The third kappa shape index (κ3) is 2.09. The van der Waals surface area contributed by atoms with Gasteiger partial charge < -0.3 is 10.2 Å². The molecule has 28 heavy (non-hydrogen) atoms. The molecule has 4 aliphatic rings. The van der Waals surface area contributed by atoms with Crippen molar-refractivity contribution in [2.75, 3.05) is 5.75 Å². The van der Waals surface area contributed by atoms with E-state index in [2.05, 4.69) is 12.6 Å². The van der Waals surface area contributed by atoms with Crippen LogP contribution in [0.15, 0.2) is 23.8 Å². The Hall–Kier alpha value is -0.980. The van der Waals surface area contributed by atoms with Crippen LogP contribution >= 0.6 is 12.6 Å². The number of thiol groups is 1. The number of carbonyl (C=O) groups excluding carboxylic acids is 2. The Kier molecular flexibility index (Phi) is 4.36. The van der Waals surface area contributed by atoms with Gasteiger partial charge in [-0.1, -0.05) is 25.5 Å².